The first-order valence-corrected chi connectivity index (χ1v) is 6.68. The molecule has 4 nitrogen and oxygen atoms in total. The monoisotopic (exact) mass is 273 g/mol. The predicted octanol–water partition coefficient (Wildman–Crippen LogP) is 3.24. The Balaban J connectivity index is 1.93. The molecule has 0 fully saturated rings. The van der Waals surface area contributed by atoms with Crippen LogP contribution in [0.3, 0.4) is 0 Å². The van der Waals surface area contributed by atoms with Gasteiger partial charge in [0.1, 0.15) is 11.5 Å². The van der Waals surface area contributed by atoms with Gasteiger partial charge < -0.3 is 14.5 Å². The van der Waals surface area contributed by atoms with E-state index in [0.717, 1.165) is 5.76 Å². The minimum absolute atomic E-state index is 0.142. The molecule has 0 atom stereocenters. The first kappa shape index (κ1) is 14.2. The molecule has 2 aromatic rings. The summed E-state index contributed by atoms with van der Waals surface area (Å²) in [5, 5.41) is 2.81. The van der Waals surface area contributed by atoms with Crippen LogP contribution in [0.15, 0.2) is 47.1 Å². The molecule has 1 heterocycles. The summed E-state index contributed by atoms with van der Waals surface area (Å²) in [7, 11) is 0. The number of carbonyl (C=O) groups excluding carboxylic acids is 1. The number of benzene rings is 1. The van der Waals surface area contributed by atoms with Crippen molar-refractivity contribution in [3.05, 3.63) is 54.0 Å². The van der Waals surface area contributed by atoms with Crippen LogP contribution in [-0.2, 0) is 6.54 Å². The van der Waals surface area contributed by atoms with Gasteiger partial charge in [-0.2, -0.15) is 0 Å². The number of hydrogen-bond acceptors (Lipinski definition) is 3. The summed E-state index contributed by atoms with van der Waals surface area (Å²) in [6.07, 6.45) is 1.59. The summed E-state index contributed by atoms with van der Waals surface area (Å²) < 4.78 is 10.8. The van der Waals surface area contributed by atoms with E-state index in [1.165, 1.54) is 0 Å². The van der Waals surface area contributed by atoms with Crippen molar-refractivity contribution in [2.75, 3.05) is 6.61 Å². The fourth-order valence-corrected chi connectivity index (χ4v) is 1.67. The molecule has 0 spiro atoms. The van der Waals surface area contributed by atoms with Gasteiger partial charge in [0.05, 0.1) is 19.4 Å². The number of hydrogen-bond donors (Lipinski definition) is 1. The molecule has 1 amide bonds. The quantitative estimate of drug-likeness (QED) is 0.879. The highest BCUT2D eigenvalue weighted by Crippen LogP contribution is 2.14. The zero-order valence-electron chi connectivity index (χ0n) is 11.8. The second-order valence-electron chi connectivity index (χ2n) is 4.99. The Bertz CT molecular complexity index is 547. The third-order valence-electron chi connectivity index (χ3n) is 2.68. The van der Waals surface area contributed by atoms with Gasteiger partial charge in [0.15, 0.2) is 0 Å². The Kier molecular flexibility index (Phi) is 4.82. The SMILES string of the molecule is CC(C)COc1cccc(C(=O)NCc2ccco2)c1. The Hall–Kier alpha value is -2.23. The number of rotatable bonds is 6. The molecule has 2 rings (SSSR count). The molecule has 1 N–H and O–H groups in total. The molecule has 1 aromatic carbocycles. The number of nitrogens with one attached hydrogen (secondary N) is 1. The van der Waals surface area contributed by atoms with E-state index < -0.39 is 0 Å². The van der Waals surface area contributed by atoms with Gasteiger partial charge in [0.2, 0.25) is 0 Å². The van der Waals surface area contributed by atoms with Crippen LogP contribution in [0.25, 0.3) is 0 Å². The molecular formula is C16H19NO3. The lowest BCUT2D eigenvalue weighted by Gasteiger charge is -2.10. The fourth-order valence-electron chi connectivity index (χ4n) is 1.67. The Morgan fingerprint density at radius 2 is 2.15 bits per heavy atom. The van der Waals surface area contributed by atoms with Crippen LogP contribution in [0, 0.1) is 5.92 Å². The Morgan fingerprint density at radius 3 is 2.85 bits per heavy atom. The van der Waals surface area contributed by atoms with Crippen molar-refractivity contribution in [2.24, 2.45) is 5.92 Å². The number of amides is 1. The average molecular weight is 273 g/mol. The normalized spacial score (nSPS) is 10.6. The van der Waals surface area contributed by atoms with E-state index >= 15 is 0 Å². The van der Waals surface area contributed by atoms with E-state index in [0.29, 0.717) is 30.4 Å². The Labute approximate surface area is 118 Å². The standard InChI is InChI=1S/C16H19NO3/c1-12(2)11-20-14-6-3-5-13(9-14)16(18)17-10-15-7-4-8-19-15/h3-9,12H,10-11H2,1-2H3,(H,17,18). The minimum Gasteiger partial charge on any atom is -0.493 e. The van der Waals surface area contributed by atoms with Crippen molar-refractivity contribution < 1.29 is 13.9 Å². The van der Waals surface area contributed by atoms with Gasteiger partial charge in [0.25, 0.3) is 5.91 Å². The largest absolute Gasteiger partial charge is 0.493 e. The molecule has 0 radical (unpaired) electrons. The first-order valence-electron chi connectivity index (χ1n) is 6.68. The van der Waals surface area contributed by atoms with Crippen molar-refractivity contribution in [2.45, 2.75) is 20.4 Å². The molecule has 106 valence electrons. The van der Waals surface area contributed by atoms with E-state index in [1.807, 2.05) is 18.2 Å². The van der Waals surface area contributed by atoms with Crippen LogP contribution in [0.5, 0.6) is 5.75 Å². The zero-order valence-corrected chi connectivity index (χ0v) is 11.8. The van der Waals surface area contributed by atoms with Crippen LogP contribution in [-0.4, -0.2) is 12.5 Å². The maximum atomic E-state index is 12.0. The summed E-state index contributed by atoms with van der Waals surface area (Å²) in [5.74, 6) is 1.75. The number of carbonyl (C=O) groups is 1. The molecule has 0 bridgehead atoms. The second-order valence-corrected chi connectivity index (χ2v) is 4.99. The highest BCUT2D eigenvalue weighted by Gasteiger charge is 2.07. The molecule has 0 aliphatic carbocycles. The minimum atomic E-state index is -0.142. The topological polar surface area (TPSA) is 51.5 Å². The third-order valence-corrected chi connectivity index (χ3v) is 2.68. The smallest absolute Gasteiger partial charge is 0.251 e. The van der Waals surface area contributed by atoms with E-state index in [-0.39, 0.29) is 5.91 Å². The van der Waals surface area contributed by atoms with Crippen molar-refractivity contribution in [1.29, 1.82) is 0 Å². The lowest BCUT2D eigenvalue weighted by Crippen LogP contribution is -2.22. The Morgan fingerprint density at radius 1 is 1.30 bits per heavy atom. The second kappa shape index (κ2) is 6.80. The van der Waals surface area contributed by atoms with Crippen molar-refractivity contribution >= 4 is 5.91 Å². The van der Waals surface area contributed by atoms with Gasteiger partial charge in [-0.25, -0.2) is 0 Å². The maximum Gasteiger partial charge on any atom is 0.251 e. The molecule has 4 heteroatoms. The van der Waals surface area contributed by atoms with Crippen molar-refractivity contribution in [3.8, 4) is 5.75 Å². The van der Waals surface area contributed by atoms with Crippen LogP contribution < -0.4 is 10.1 Å². The van der Waals surface area contributed by atoms with Gasteiger partial charge in [-0.15, -0.1) is 0 Å². The summed E-state index contributed by atoms with van der Waals surface area (Å²) in [5.41, 5.74) is 0.581. The lowest BCUT2D eigenvalue weighted by atomic mass is 10.2. The van der Waals surface area contributed by atoms with Crippen molar-refractivity contribution in [3.63, 3.8) is 0 Å². The highest BCUT2D eigenvalue weighted by molar-refractivity contribution is 5.94. The van der Waals surface area contributed by atoms with Gasteiger partial charge in [0, 0.05) is 5.56 Å². The third kappa shape index (κ3) is 4.16. The van der Waals surface area contributed by atoms with E-state index in [1.54, 1.807) is 24.5 Å². The maximum absolute atomic E-state index is 12.0. The molecule has 0 saturated heterocycles. The van der Waals surface area contributed by atoms with Gasteiger partial charge >= 0.3 is 0 Å². The highest BCUT2D eigenvalue weighted by atomic mass is 16.5. The van der Waals surface area contributed by atoms with E-state index in [2.05, 4.69) is 19.2 Å². The van der Waals surface area contributed by atoms with E-state index in [9.17, 15) is 4.79 Å². The molecule has 0 aliphatic rings. The summed E-state index contributed by atoms with van der Waals surface area (Å²) in [6.45, 7) is 5.18. The molecule has 20 heavy (non-hydrogen) atoms. The van der Waals surface area contributed by atoms with Gasteiger partial charge in [-0.3, -0.25) is 4.79 Å². The molecule has 0 aliphatic heterocycles. The molecule has 1 aromatic heterocycles. The zero-order chi connectivity index (χ0) is 14.4. The number of ether oxygens (including phenoxy) is 1. The molecule has 0 unspecified atom stereocenters. The van der Waals surface area contributed by atoms with E-state index in [4.69, 9.17) is 9.15 Å². The number of furan rings is 1. The molecule has 0 saturated carbocycles. The van der Waals surface area contributed by atoms with Gasteiger partial charge in [-0.05, 0) is 36.2 Å². The lowest BCUT2D eigenvalue weighted by molar-refractivity contribution is 0.0947. The van der Waals surface area contributed by atoms with Crippen molar-refractivity contribution in [1.82, 2.24) is 5.32 Å². The summed E-state index contributed by atoms with van der Waals surface area (Å²) in [6, 6.07) is 10.8. The van der Waals surface area contributed by atoms with Crippen LogP contribution in [0.1, 0.15) is 30.0 Å². The van der Waals surface area contributed by atoms with Crippen LogP contribution >= 0.6 is 0 Å². The van der Waals surface area contributed by atoms with Crippen LogP contribution in [0.4, 0.5) is 0 Å². The molecular weight excluding hydrogens is 254 g/mol. The van der Waals surface area contributed by atoms with Crippen LogP contribution in [0.2, 0.25) is 0 Å². The first-order chi connectivity index (χ1) is 9.65. The predicted molar refractivity (Wildman–Crippen MR) is 76.7 cm³/mol. The summed E-state index contributed by atoms with van der Waals surface area (Å²) in [4.78, 5) is 12.0. The van der Waals surface area contributed by atoms with Gasteiger partial charge in [-0.1, -0.05) is 19.9 Å². The average Bonchev–Trinajstić information content (AvgIpc) is 2.96. The fraction of sp³-hybridized carbons (Fsp3) is 0.312. The summed E-state index contributed by atoms with van der Waals surface area (Å²) >= 11 is 0.